The number of carbonyl (C=O) groups is 1. The molecule has 1 fully saturated rings. The molecule has 4 nitrogen and oxygen atoms in total. The Kier molecular flexibility index (Phi) is 6.29. The molecule has 1 aliphatic carbocycles. The third-order valence-electron chi connectivity index (χ3n) is 4.60. The first-order chi connectivity index (χ1) is 12.2. The van der Waals surface area contributed by atoms with Gasteiger partial charge in [0.25, 0.3) is 5.91 Å². The number of hydrogen-bond donors (Lipinski definition) is 2. The van der Waals surface area contributed by atoms with Gasteiger partial charge < -0.3 is 10.6 Å². The Hall–Kier alpha value is -2.07. The van der Waals surface area contributed by atoms with Crippen LogP contribution in [0.2, 0.25) is 5.02 Å². The summed E-state index contributed by atoms with van der Waals surface area (Å²) in [5.74, 6) is 0.760. The van der Waals surface area contributed by atoms with Crippen LogP contribution in [0.25, 0.3) is 0 Å². The van der Waals surface area contributed by atoms with Crippen LogP contribution in [0.5, 0.6) is 0 Å². The Morgan fingerprint density at radius 3 is 2.52 bits per heavy atom. The van der Waals surface area contributed by atoms with Gasteiger partial charge in [-0.15, -0.1) is 0 Å². The molecule has 2 N–H and O–H groups in total. The van der Waals surface area contributed by atoms with Crippen LogP contribution in [0.15, 0.2) is 42.6 Å². The van der Waals surface area contributed by atoms with Crippen LogP contribution in [0.4, 0.5) is 5.82 Å². The van der Waals surface area contributed by atoms with E-state index in [0.29, 0.717) is 18.2 Å². The highest BCUT2D eigenvalue weighted by atomic mass is 35.5. The fourth-order valence-electron chi connectivity index (χ4n) is 3.14. The molecular formula is C20H24ClN3O. The molecular weight excluding hydrogens is 334 g/mol. The smallest absolute Gasteiger partial charge is 0.252 e. The highest BCUT2D eigenvalue weighted by molar-refractivity contribution is 6.30. The van der Waals surface area contributed by atoms with E-state index in [9.17, 15) is 4.79 Å². The van der Waals surface area contributed by atoms with E-state index in [2.05, 4.69) is 15.6 Å². The van der Waals surface area contributed by atoms with Gasteiger partial charge in [0, 0.05) is 23.8 Å². The maximum Gasteiger partial charge on any atom is 0.252 e. The molecule has 0 saturated heterocycles. The zero-order valence-electron chi connectivity index (χ0n) is 14.3. The SMILES string of the molecule is O=C(NCCc1ccc(Cl)cc1)c1ccc(NC2CCCCC2)nc1. The summed E-state index contributed by atoms with van der Waals surface area (Å²) in [6.07, 6.45) is 8.72. The minimum atomic E-state index is -0.0920. The normalized spacial score (nSPS) is 14.9. The van der Waals surface area contributed by atoms with Gasteiger partial charge in [0.15, 0.2) is 0 Å². The van der Waals surface area contributed by atoms with Crippen molar-refractivity contribution < 1.29 is 4.79 Å². The van der Waals surface area contributed by atoms with E-state index in [4.69, 9.17) is 11.6 Å². The first-order valence-corrected chi connectivity index (χ1v) is 9.34. The number of nitrogens with one attached hydrogen (secondary N) is 2. The first kappa shape index (κ1) is 17.7. The molecule has 1 amide bonds. The van der Waals surface area contributed by atoms with Gasteiger partial charge in [-0.25, -0.2) is 4.98 Å². The Labute approximate surface area is 154 Å². The van der Waals surface area contributed by atoms with Gasteiger partial charge >= 0.3 is 0 Å². The lowest BCUT2D eigenvalue weighted by molar-refractivity contribution is 0.0954. The topological polar surface area (TPSA) is 54.0 Å². The van der Waals surface area contributed by atoms with Crippen molar-refractivity contribution >= 4 is 23.3 Å². The molecule has 0 atom stereocenters. The minimum Gasteiger partial charge on any atom is -0.367 e. The monoisotopic (exact) mass is 357 g/mol. The molecule has 1 aromatic carbocycles. The minimum absolute atomic E-state index is 0.0920. The van der Waals surface area contributed by atoms with Crippen molar-refractivity contribution in [1.29, 1.82) is 0 Å². The van der Waals surface area contributed by atoms with Gasteiger partial charge in [0.2, 0.25) is 0 Å². The lowest BCUT2D eigenvalue weighted by Gasteiger charge is -2.23. The molecule has 1 aliphatic rings. The number of benzene rings is 1. The zero-order chi connectivity index (χ0) is 17.5. The third-order valence-corrected chi connectivity index (χ3v) is 4.85. The lowest BCUT2D eigenvalue weighted by Crippen LogP contribution is -2.26. The van der Waals surface area contributed by atoms with Crippen molar-refractivity contribution in [3.63, 3.8) is 0 Å². The number of anilines is 1. The van der Waals surface area contributed by atoms with Crippen molar-refractivity contribution in [2.24, 2.45) is 0 Å². The maximum atomic E-state index is 12.2. The molecule has 0 radical (unpaired) electrons. The Morgan fingerprint density at radius 2 is 1.84 bits per heavy atom. The summed E-state index contributed by atoms with van der Waals surface area (Å²) in [6, 6.07) is 11.9. The van der Waals surface area contributed by atoms with E-state index < -0.39 is 0 Å². The molecule has 1 heterocycles. The van der Waals surface area contributed by atoms with E-state index in [0.717, 1.165) is 22.8 Å². The van der Waals surface area contributed by atoms with Crippen LogP contribution in [0.1, 0.15) is 48.0 Å². The zero-order valence-corrected chi connectivity index (χ0v) is 15.1. The summed E-state index contributed by atoms with van der Waals surface area (Å²) in [5.41, 5.74) is 1.74. The molecule has 0 bridgehead atoms. The van der Waals surface area contributed by atoms with Crippen LogP contribution < -0.4 is 10.6 Å². The summed E-state index contributed by atoms with van der Waals surface area (Å²) in [6.45, 7) is 0.586. The first-order valence-electron chi connectivity index (χ1n) is 8.96. The van der Waals surface area contributed by atoms with Gasteiger partial charge in [-0.05, 0) is 49.1 Å². The van der Waals surface area contributed by atoms with E-state index >= 15 is 0 Å². The highest BCUT2D eigenvalue weighted by Gasteiger charge is 2.13. The predicted octanol–water partition coefficient (Wildman–Crippen LogP) is 4.45. The van der Waals surface area contributed by atoms with Gasteiger partial charge in [-0.3, -0.25) is 4.79 Å². The van der Waals surface area contributed by atoms with Crippen LogP contribution in [-0.2, 0) is 6.42 Å². The lowest BCUT2D eigenvalue weighted by atomic mass is 9.95. The molecule has 5 heteroatoms. The standard InChI is InChI=1S/C20H24ClN3O/c21-17-9-6-15(7-10-17)12-13-22-20(25)16-8-11-19(23-14-16)24-18-4-2-1-3-5-18/h6-11,14,18H,1-5,12-13H2,(H,22,25)(H,23,24). The second-order valence-electron chi connectivity index (χ2n) is 6.54. The van der Waals surface area contributed by atoms with E-state index in [1.54, 1.807) is 6.20 Å². The number of hydrogen-bond acceptors (Lipinski definition) is 3. The van der Waals surface area contributed by atoms with Crippen molar-refractivity contribution in [3.8, 4) is 0 Å². The summed E-state index contributed by atoms with van der Waals surface area (Å²) >= 11 is 5.87. The molecule has 25 heavy (non-hydrogen) atoms. The second kappa shape index (κ2) is 8.86. The third kappa shape index (κ3) is 5.46. The maximum absolute atomic E-state index is 12.2. The summed E-state index contributed by atoms with van der Waals surface area (Å²) in [5, 5.41) is 7.12. The quantitative estimate of drug-likeness (QED) is 0.802. The molecule has 3 rings (SSSR count). The number of pyridine rings is 1. The molecule has 132 valence electrons. The van der Waals surface area contributed by atoms with E-state index in [-0.39, 0.29) is 5.91 Å². The summed E-state index contributed by atoms with van der Waals surface area (Å²) in [4.78, 5) is 16.6. The van der Waals surface area contributed by atoms with Crippen LogP contribution in [0, 0.1) is 0 Å². The van der Waals surface area contributed by atoms with Crippen molar-refractivity contribution in [3.05, 3.63) is 58.7 Å². The summed E-state index contributed by atoms with van der Waals surface area (Å²) in [7, 11) is 0. The van der Waals surface area contributed by atoms with Crippen LogP contribution in [-0.4, -0.2) is 23.5 Å². The van der Waals surface area contributed by atoms with E-state index in [1.807, 2.05) is 36.4 Å². The van der Waals surface area contributed by atoms with E-state index in [1.165, 1.54) is 32.1 Å². The largest absolute Gasteiger partial charge is 0.367 e. The second-order valence-corrected chi connectivity index (χ2v) is 6.98. The molecule has 2 aromatic rings. The number of carbonyl (C=O) groups excluding carboxylic acids is 1. The highest BCUT2D eigenvalue weighted by Crippen LogP contribution is 2.20. The molecule has 0 aliphatic heterocycles. The predicted molar refractivity (Wildman–Crippen MR) is 102 cm³/mol. The van der Waals surface area contributed by atoms with Crippen LogP contribution >= 0.6 is 11.6 Å². The molecule has 0 spiro atoms. The van der Waals surface area contributed by atoms with Crippen molar-refractivity contribution in [1.82, 2.24) is 10.3 Å². The van der Waals surface area contributed by atoms with Crippen molar-refractivity contribution in [2.75, 3.05) is 11.9 Å². The van der Waals surface area contributed by atoms with Crippen LogP contribution in [0.3, 0.4) is 0 Å². The Morgan fingerprint density at radius 1 is 1.08 bits per heavy atom. The van der Waals surface area contributed by atoms with Gasteiger partial charge in [0.1, 0.15) is 5.82 Å². The number of amides is 1. The Bertz CT molecular complexity index is 679. The van der Waals surface area contributed by atoms with Gasteiger partial charge in [0.05, 0.1) is 5.56 Å². The number of halogens is 1. The summed E-state index contributed by atoms with van der Waals surface area (Å²) < 4.78 is 0. The van der Waals surface area contributed by atoms with Gasteiger partial charge in [-0.1, -0.05) is 43.0 Å². The number of nitrogens with zero attached hydrogens (tertiary/aromatic N) is 1. The Balaban J connectivity index is 1.46. The average Bonchev–Trinajstić information content (AvgIpc) is 2.65. The van der Waals surface area contributed by atoms with Crippen molar-refractivity contribution in [2.45, 2.75) is 44.6 Å². The fraction of sp³-hybridized carbons (Fsp3) is 0.400. The molecule has 1 aromatic heterocycles. The fourth-order valence-corrected chi connectivity index (χ4v) is 3.27. The van der Waals surface area contributed by atoms with Gasteiger partial charge in [-0.2, -0.15) is 0 Å². The number of rotatable bonds is 6. The molecule has 0 unspecified atom stereocenters. The average molecular weight is 358 g/mol. The molecule has 1 saturated carbocycles. The number of aromatic nitrogens is 1.